The predicted octanol–water partition coefficient (Wildman–Crippen LogP) is 4.08. The zero-order chi connectivity index (χ0) is 24.4. The molecular weight excluding hydrogens is 472 g/mol. The van der Waals surface area contributed by atoms with E-state index in [1.165, 1.54) is 22.3 Å². The number of hydrogen-bond donors (Lipinski definition) is 0. The van der Waals surface area contributed by atoms with Crippen molar-refractivity contribution in [1.82, 2.24) is 9.80 Å². The van der Waals surface area contributed by atoms with Crippen LogP contribution in [0.3, 0.4) is 0 Å². The molecule has 2 amide bonds. The van der Waals surface area contributed by atoms with Crippen molar-refractivity contribution in [2.45, 2.75) is 57.0 Å². The van der Waals surface area contributed by atoms with Gasteiger partial charge in [0.15, 0.2) is 0 Å². The summed E-state index contributed by atoms with van der Waals surface area (Å²) in [4.78, 5) is 36.3. The molecule has 0 aliphatic carbocycles. The number of carbonyl (C=O) groups excluding carboxylic acids is 2. The number of carbonyl (C=O) groups is 2. The number of nitrogens with zero attached hydrogens (tertiary/aromatic N) is 4. The minimum Gasteiger partial charge on any atom is -0.308 e. The summed E-state index contributed by atoms with van der Waals surface area (Å²) >= 11 is 0. The second kappa shape index (κ2) is 9.47. The molecule has 4 aliphatic heterocycles. The van der Waals surface area contributed by atoms with Gasteiger partial charge in [0.2, 0.25) is 11.8 Å². The van der Waals surface area contributed by atoms with Gasteiger partial charge in [-0.2, -0.15) is 0 Å². The third-order valence-corrected chi connectivity index (χ3v) is 8.75. The van der Waals surface area contributed by atoms with Crippen LogP contribution < -0.4 is 9.80 Å². The second-order valence-electron chi connectivity index (χ2n) is 11.3. The number of piperidine rings is 2. The van der Waals surface area contributed by atoms with E-state index >= 15 is 0 Å². The minimum absolute atomic E-state index is 0. The summed E-state index contributed by atoms with van der Waals surface area (Å²) in [6, 6.07) is 13.1. The van der Waals surface area contributed by atoms with Gasteiger partial charge >= 0.3 is 0 Å². The molecule has 0 bridgehead atoms. The molecule has 2 aromatic rings. The lowest BCUT2D eigenvalue weighted by Crippen LogP contribution is -2.50. The van der Waals surface area contributed by atoms with Crippen LogP contribution in [-0.2, 0) is 9.59 Å². The number of likely N-dealkylation sites (N-methyl/N-ethyl adjacent to an activating group) is 2. The molecule has 0 aromatic heterocycles. The summed E-state index contributed by atoms with van der Waals surface area (Å²) in [5.41, 5.74) is 6.98. The molecule has 0 unspecified atom stereocenters. The van der Waals surface area contributed by atoms with Crippen molar-refractivity contribution in [3.05, 3.63) is 58.7 Å². The molecule has 6 nitrogen and oxygen atoms in total. The Bertz CT molecular complexity index is 1110. The molecule has 2 saturated heterocycles. The zero-order valence-corrected chi connectivity index (χ0v) is 22.6. The van der Waals surface area contributed by atoms with E-state index in [9.17, 15) is 9.59 Å². The molecule has 0 N–H and O–H groups in total. The van der Waals surface area contributed by atoms with E-state index in [0.29, 0.717) is 11.8 Å². The van der Waals surface area contributed by atoms with Gasteiger partial charge in [0.1, 0.15) is 6.42 Å². The number of aryl methyl sites for hydroxylation is 2. The lowest BCUT2D eigenvalue weighted by atomic mass is 9.88. The van der Waals surface area contributed by atoms with Crippen molar-refractivity contribution < 1.29 is 9.59 Å². The highest BCUT2D eigenvalue weighted by molar-refractivity contribution is 6.12. The lowest BCUT2D eigenvalue weighted by molar-refractivity contribution is -0.127. The van der Waals surface area contributed by atoms with E-state index in [0.717, 1.165) is 50.4 Å². The first-order valence-electron chi connectivity index (χ1n) is 13.0. The summed E-state index contributed by atoms with van der Waals surface area (Å²) in [5, 5.41) is 0. The highest BCUT2D eigenvalue weighted by Crippen LogP contribution is 2.47. The Hall–Kier alpha value is -2.41. The van der Waals surface area contributed by atoms with Crippen LogP contribution in [0.25, 0.3) is 0 Å². The fourth-order valence-electron chi connectivity index (χ4n) is 7.11. The maximum Gasteiger partial charge on any atom is 0.236 e. The zero-order valence-electron chi connectivity index (χ0n) is 21.7. The standard InChI is InChI=1S/C29H36N4O2.ClH/c1-18-5-7-24-20(13-18)22-16-30(3)11-9-26(22)32(24)28(34)15-29(35)33-25-8-6-19(2)14-21(25)23-17-31(4)12-10-27(23)33;/h5-8,13-14,22-23,26-27H,9-12,15-17H2,1-4H3;1H/t22-,23+,26-,27+;. The molecule has 4 atom stereocenters. The van der Waals surface area contributed by atoms with Gasteiger partial charge < -0.3 is 19.6 Å². The summed E-state index contributed by atoms with van der Waals surface area (Å²) in [5.74, 6) is 0.525. The van der Waals surface area contributed by atoms with Crippen LogP contribution in [0.4, 0.5) is 11.4 Å². The third-order valence-electron chi connectivity index (χ3n) is 8.75. The molecule has 6 rings (SSSR count). The minimum atomic E-state index is -0.0707. The van der Waals surface area contributed by atoms with E-state index < -0.39 is 0 Å². The van der Waals surface area contributed by atoms with Crippen LogP contribution >= 0.6 is 12.4 Å². The van der Waals surface area contributed by atoms with Crippen LogP contribution in [0.15, 0.2) is 36.4 Å². The van der Waals surface area contributed by atoms with E-state index in [1.54, 1.807) is 0 Å². The molecule has 2 aromatic carbocycles. The van der Waals surface area contributed by atoms with Gasteiger partial charge in [-0.15, -0.1) is 12.4 Å². The lowest BCUT2D eigenvalue weighted by Gasteiger charge is -2.38. The van der Waals surface area contributed by atoms with Gasteiger partial charge in [0.05, 0.1) is 0 Å². The Kier molecular flexibility index (Phi) is 6.64. The number of amides is 2. The molecule has 7 heteroatoms. The average Bonchev–Trinajstić information content (AvgIpc) is 3.30. The fourth-order valence-corrected chi connectivity index (χ4v) is 7.11. The number of anilines is 2. The van der Waals surface area contributed by atoms with Crippen molar-refractivity contribution in [2.75, 3.05) is 50.1 Å². The molecule has 4 aliphatic rings. The molecule has 192 valence electrons. The first-order chi connectivity index (χ1) is 16.8. The van der Waals surface area contributed by atoms with Crippen molar-refractivity contribution in [3.63, 3.8) is 0 Å². The Morgan fingerprint density at radius 2 is 1.17 bits per heavy atom. The Morgan fingerprint density at radius 1 is 0.750 bits per heavy atom. The van der Waals surface area contributed by atoms with Crippen LogP contribution in [0.1, 0.15) is 53.4 Å². The summed E-state index contributed by atoms with van der Waals surface area (Å²) in [6.45, 7) is 8.08. The van der Waals surface area contributed by atoms with Crippen molar-refractivity contribution in [2.24, 2.45) is 0 Å². The normalized spacial score (nSPS) is 27.1. The SMILES string of the molecule is Cc1ccc2c(c1)[C@H]1CN(C)CC[C@H]1N2C(=O)CC(=O)N1c2ccc(C)cc2[C@@H]2CN(C)CC[C@@H]21.Cl. The van der Waals surface area contributed by atoms with Crippen LogP contribution in [0.5, 0.6) is 0 Å². The highest BCUT2D eigenvalue weighted by atomic mass is 35.5. The number of likely N-dealkylation sites (tertiary alicyclic amines) is 2. The maximum absolute atomic E-state index is 13.8. The Labute approximate surface area is 220 Å². The summed E-state index contributed by atoms with van der Waals surface area (Å²) < 4.78 is 0. The maximum atomic E-state index is 13.8. The molecule has 0 saturated carbocycles. The summed E-state index contributed by atoms with van der Waals surface area (Å²) in [6.07, 6.45) is 1.81. The number of hydrogen-bond acceptors (Lipinski definition) is 4. The van der Waals surface area contributed by atoms with Gasteiger partial charge in [-0.05, 0) is 77.1 Å². The van der Waals surface area contributed by atoms with Crippen LogP contribution in [-0.4, -0.2) is 74.0 Å². The van der Waals surface area contributed by atoms with Crippen molar-refractivity contribution in [3.8, 4) is 0 Å². The van der Waals surface area contributed by atoms with Crippen molar-refractivity contribution in [1.29, 1.82) is 0 Å². The van der Waals surface area contributed by atoms with E-state index in [-0.39, 0.29) is 42.7 Å². The number of rotatable bonds is 2. The highest BCUT2D eigenvalue weighted by Gasteiger charge is 2.47. The first kappa shape index (κ1) is 25.2. The van der Waals surface area contributed by atoms with Crippen molar-refractivity contribution >= 4 is 35.6 Å². The van der Waals surface area contributed by atoms with E-state index in [2.05, 4.69) is 74.1 Å². The number of fused-ring (bicyclic) bond motifs is 6. The molecule has 0 spiro atoms. The largest absolute Gasteiger partial charge is 0.308 e. The van der Waals surface area contributed by atoms with E-state index in [1.807, 2.05) is 9.80 Å². The van der Waals surface area contributed by atoms with Gasteiger partial charge in [0.25, 0.3) is 0 Å². The predicted molar refractivity (Wildman–Crippen MR) is 146 cm³/mol. The third kappa shape index (κ3) is 4.04. The molecule has 36 heavy (non-hydrogen) atoms. The Balaban J connectivity index is 0.00000267. The number of halogens is 1. The van der Waals surface area contributed by atoms with Gasteiger partial charge in [-0.1, -0.05) is 35.4 Å². The molecular formula is C29H37ClN4O2. The first-order valence-corrected chi connectivity index (χ1v) is 13.0. The van der Waals surface area contributed by atoms with E-state index in [4.69, 9.17) is 0 Å². The fraction of sp³-hybridized carbons (Fsp3) is 0.517. The van der Waals surface area contributed by atoms with Crippen LogP contribution in [0, 0.1) is 13.8 Å². The van der Waals surface area contributed by atoms with Gasteiger partial charge in [-0.3, -0.25) is 9.59 Å². The Morgan fingerprint density at radius 3 is 1.58 bits per heavy atom. The quantitative estimate of drug-likeness (QED) is 0.573. The molecule has 2 fully saturated rings. The average molecular weight is 509 g/mol. The van der Waals surface area contributed by atoms with Crippen LogP contribution in [0.2, 0.25) is 0 Å². The monoisotopic (exact) mass is 508 g/mol. The number of benzene rings is 2. The van der Waals surface area contributed by atoms with Gasteiger partial charge in [-0.25, -0.2) is 0 Å². The molecule has 0 radical (unpaired) electrons. The van der Waals surface area contributed by atoms with Gasteiger partial charge in [0, 0.05) is 48.4 Å². The smallest absolute Gasteiger partial charge is 0.236 e. The second-order valence-corrected chi connectivity index (χ2v) is 11.3. The summed E-state index contributed by atoms with van der Waals surface area (Å²) in [7, 11) is 4.31. The molecule has 4 heterocycles. The topological polar surface area (TPSA) is 47.1 Å².